The summed E-state index contributed by atoms with van der Waals surface area (Å²) in [7, 11) is 3.60. The minimum atomic E-state index is 0.196. The number of H-pyrrole nitrogens is 1. The number of aromatic nitrogens is 3. The standard InChI is InChI=1S/C17H22N4O2/c1-10(2)5-14(18-3)17-20-12-6-11(16-8-19-9-23-16)15(22-4)7-13(12)21-17/h6-10,14,18H,5H2,1-4H3,(H,20,21). The fourth-order valence-corrected chi connectivity index (χ4v) is 2.77. The molecular formula is C17H22N4O2. The zero-order valence-electron chi connectivity index (χ0n) is 13.9. The molecular weight excluding hydrogens is 292 g/mol. The lowest BCUT2D eigenvalue weighted by Gasteiger charge is -2.15. The van der Waals surface area contributed by atoms with Crippen molar-refractivity contribution in [3.8, 4) is 17.1 Å². The van der Waals surface area contributed by atoms with Gasteiger partial charge in [-0.15, -0.1) is 0 Å². The summed E-state index contributed by atoms with van der Waals surface area (Å²) in [6.07, 6.45) is 4.11. The molecule has 0 aliphatic carbocycles. The maximum atomic E-state index is 5.48. The fourth-order valence-electron chi connectivity index (χ4n) is 2.77. The number of fused-ring (bicyclic) bond motifs is 1. The van der Waals surface area contributed by atoms with Crippen LogP contribution in [0.3, 0.4) is 0 Å². The molecule has 0 fully saturated rings. The quantitative estimate of drug-likeness (QED) is 0.728. The molecule has 6 heteroatoms. The van der Waals surface area contributed by atoms with Gasteiger partial charge in [-0.25, -0.2) is 9.97 Å². The molecule has 2 aromatic heterocycles. The zero-order valence-corrected chi connectivity index (χ0v) is 13.9. The molecule has 0 aliphatic heterocycles. The number of rotatable bonds is 6. The second kappa shape index (κ2) is 6.42. The van der Waals surface area contributed by atoms with E-state index in [0.29, 0.717) is 11.7 Å². The van der Waals surface area contributed by atoms with Crippen molar-refractivity contribution < 1.29 is 9.15 Å². The fraction of sp³-hybridized carbons (Fsp3) is 0.412. The van der Waals surface area contributed by atoms with Gasteiger partial charge in [0.1, 0.15) is 11.6 Å². The number of imidazole rings is 1. The molecule has 1 aromatic carbocycles. The summed E-state index contributed by atoms with van der Waals surface area (Å²) < 4.78 is 10.9. The highest BCUT2D eigenvalue weighted by molar-refractivity contribution is 5.85. The van der Waals surface area contributed by atoms with Gasteiger partial charge in [0.15, 0.2) is 12.2 Å². The number of hydrogen-bond acceptors (Lipinski definition) is 5. The minimum absolute atomic E-state index is 0.196. The average molecular weight is 314 g/mol. The van der Waals surface area contributed by atoms with Crippen molar-refractivity contribution in [2.45, 2.75) is 26.3 Å². The molecule has 6 nitrogen and oxygen atoms in total. The average Bonchev–Trinajstić information content (AvgIpc) is 3.19. The summed E-state index contributed by atoms with van der Waals surface area (Å²) in [5.41, 5.74) is 2.69. The van der Waals surface area contributed by atoms with Crippen LogP contribution in [0.25, 0.3) is 22.4 Å². The Labute approximate surface area is 135 Å². The summed E-state index contributed by atoms with van der Waals surface area (Å²) >= 11 is 0. The Hall–Kier alpha value is -2.34. The van der Waals surface area contributed by atoms with Crippen LogP contribution in [0, 0.1) is 5.92 Å². The van der Waals surface area contributed by atoms with Gasteiger partial charge in [-0.05, 0) is 25.5 Å². The van der Waals surface area contributed by atoms with E-state index in [1.807, 2.05) is 19.2 Å². The van der Waals surface area contributed by atoms with Crippen molar-refractivity contribution in [2.75, 3.05) is 14.2 Å². The number of oxazole rings is 1. The van der Waals surface area contributed by atoms with E-state index in [-0.39, 0.29) is 6.04 Å². The Kier molecular flexibility index (Phi) is 4.34. The van der Waals surface area contributed by atoms with Crippen molar-refractivity contribution in [1.82, 2.24) is 20.3 Å². The lowest BCUT2D eigenvalue weighted by Crippen LogP contribution is -2.19. The van der Waals surface area contributed by atoms with Gasteiger partial charge < -0.3 is 19.5 Å². The predicted octanol–water partition coefficient (Wildman–Crippen LogP) is 3.53. The van der Waals surface area contributed by atoms with Gasteiger partial charge in [-0.2, -0.15) is 0 Å². The Morgan fingerprint density at radius 2 is 2.17 bits per heavy atom. The van der Waals surface area contributed by atoms with Crippen LogP contribution in [0.1, 0.15) is 32.1 Å². The number of aromatic amines is 1. The third-order valence-electron chi connectivity index (χ3n) is 3.90. The number of nitrogens with one attached hydrogen (secondary N) is 2. The van der Waals surface area contributed by atoms with Gasteiger partial charge in [0.05, 0.1) is 35.9 Å². The number of methoxy groups -OCH3 is 1. The zero-order chi connectivity index (χ0) is 16.4. The van der Waals surface area contributed by atoms with E-state index in [4.69, 9.17) is 14.1 Å². The second-order valence-electron chi connectivity index (χ2n) is 6.03. The summed E-state index contributed by atoms with van der Waals surface area (Å²) in [5, 5.41) is 3.33. The van der Waals surface area contributed by atoms with Crippen LogP contribution in [0.4, 0.5) is 0 Å². The van der Waals surface area contributed by atoms with Crippen LogP contribution in [-0.2, 0) is 0 Å². The summed E-state index contributed by atoms with van der Waals surface area (Å²) in [4.78, 5) is 12.1. The number of ether oxygens (including phenoxy) is 1. The predicted molar refractivity (Wildman–Crippen MR) is 89.4 cm³/mol. The number of benzene rings is 1. The third kappa shape index (κ3) is 3.07. The molecule has 0 aliphatic rings. The molecule has 0 radical (unpaired) electrons. The van der Waals surface area contributed by atoms with Gasteiger partial charge in [-0.1, -0.05) is 13.8 Å². The van der Waals surface area contributed by atoms with Gasteiger partial charge in [0.25, 0.3) is 0 Å². The molecule has 0 amide bonds. The molecule has 122 valence electrons. The molecule has 0 spiro atoms. The van der Waals surface area contributed by atoms with Crippen molar-refractivity contribution in [1.29, 1.82) is 0 Å². The maximum Gasteiger partial charge on any atom is 0.181 e. The van der Waals surface area contributed by atoms with Crippen LogP contribution in [-0.4, -0.2) is 29.1 Å². The number of nitrogens with zero attached hydrogens (tertiary/aromatic N) is 2. The first kappa shape index (κ1) is 15.6. The Morgan fingerprint density at radius 3 is 2.78 bits per heavy atom. The van der Waals surface area contributed by atoms with Crippen molar-refractivity contribution >= 4 is 11.0 Å². The van der Waals surface area contributed by atoms with E-state index < -0.39 is 0 Å². The molecule has 3 rings (SSSR count). The first-order chi connectivity index (χ1) is 11.1. The van der Waals surface area contributed by atoms with E-state index in [0.717, 1.165) is 34.6 Å². The van der Waals surface area contributed by atoms with Crippen LogP contribution in [0.15, 0.2) is 29.1 Å². The Balaban J connectivity index is 2.06. The SMILES string of the molecule is CNC(CC(C)C)c1nc2cc(OC)c(-c3cnco3)cc2[nH]1. The summed E-state index contributed by atoms with van der Waals surface area (Å²) in [6.45, 7) is 4.41. The largest absolute Gasteiger partial charge is 0.496 e. The second-order valence-corrected chi connectivity index (χ2v) is 6.03. The Bertz CT molecular complexity index is 777. The highest BCUT2D eigenvalue weighted by Crippen LogP contribution is 2.34. The van der Waals surface area contributed by atoms with Crippen molar-refractivity contribution in [3.63, 3.8) is 0 Å². The monoisotopic (exact) mass is 314 g/mol. The van der Waals surface area contributed by atoms with Gasteiger partial charge in [0, 0.05) is 6.07 Å². The van der Waals surface area contributed by atoms with E-state index in [1.54, 1.807) is 13.3 Å². The highest BCUT2D eigenvalue weighted by Gasteiger charge is 2.18. The molecule has 3 aromatic rings. The molecule has 0 saturated heterocycles. The molecule has 1 unspecified atom stereocenters. The molecule has 0 bridgehead atoms. The number of hydrogen-bond donors (Lipinski definition) is 2. The molecule has 2 N–H and O–H groups in total. The molecule has 23 heavy (non-hydrogen) atoms. The smallest absolute Gasteiger partial charge is 0.181 e. The van der Waals surface area contributed by atoms with Gasteiger partial charge in [-0.3, -0.25) is 0 Å². The van der Waals surface area contributed by atoms with Crippen LogP contribution >= 0.6 is 0 Å². The van der Waals surface area contributed by atoms with Crippen LogP contribution < -0.4 is 10.1 Å². The molecule has 1 atom stereocenters. The topological polar surface area (TPSA) is 76.0 Å². The van der Waals surface area contributed by atoms with Crippen LogP contribution in [0.2, 0.25) is 0 Å². The van der Waals surface area contributed by atoms with Crippen LogP contribution in [0.5, 0.6) is 5.75 Å². The lowest BCUT2D eigenvalue weighted by molar-refractivity contribution is 0.415. The third-order valence-corrected chi connectivity index (χ3v) is 3.90. The minimum Gasteiger partial charge on any atom is -0.496 e. The molecule has 0 saturated carbocycles. The highest BCUT2D eigenvalue weighted by atomic mass is 16.5. The summed E-state index contributed by atoms with van der Waals surface area (Å²) in [5.74, 6) is 2.91. The first-order valence-electron chi connectivity index (χ1n) is 7.76. The van der Waals surface area contributed by atoms with E-state index in [1.165, 1.54) is 6.39 Å². The lowest BCUT2D eigenvalue weighted by atomic mass is 10.0. The summed E-state index contributed by atoms with van der Waals surface area (Å²) in [6, 6.07) is 4.12. The normalized spacial score (nSPS) is 12.9. The van der Waals surface area contributed by atoms with E-state index in [2.05, 4.69) is 29.1 Å². The van der Waals surface area contributed by atoms with E-state index >= 15 is 0 Å². The van der Waals surface area contributed by atoms with Crippen molar-refractivity contribution in [2.24, 2.45) is 5.92 Å². The molecule has 2 heterocycles. The van der Waals surface area contributed by atoms with E-state index in [9.17, 15) is 0 Å². The van der Waals surface area contributed by atoms with Gasteiger partial charge in [0.2, 0.25) is 0 Å². The first-order valence-corrected chi connectivity index (χ1v) is 7.76. The maximum absolute atomic E-state index is 5.48. The Morgan fingerprint density at radius 1 is 1.35 bits per heavy atom. The van der Waals surface area contributed by atoms with Crippen molar-refractivity contribution in [3.05, 3.63) is 30.5 Å². The van der Waals surface area contributed by atoms with Gasteiger partial charge >= 0.3 is 0 Å².